The van der Waals surface area contributed by atoms with Gasteiger partial charge in [-0.1, -0.05) is 54.9 Å². The van der Waals surface area contributed by atoms with Crippen LogP contribution in [0.15, 0.2) is 6.07 Å². The van der Waals surface area contributed by atoms with Gasteiger partial charge in [0.1, 0.15) is 35.5 Å². The first-order chi connectivity index (χ1) is 17.5. The van der Waals surface area contributed by atoms with Crippen LogP contribution in [0.25, 0.3) is 0 Å². The van der Waals surface area contributed by atoms with Gasteiger partial charge < -0.3 is 18.9 Å². The summed E-state index contributed by atoms with van der Waals surface area (Å²) in [4.78, 5) is 0. The summed E-state index contributed by atoms with van der Waals surface area (Å²) in [6.45, 7) is 19.2. The van der Waals surface area contributed by atoms with Crippen LogP contribution in [0.2, 0.25) is 0 Å². The minimum absolute atomic E-state index is 0.0169. The highest BCUT2D eigenvalue weighted by Gasteiger charge is 2.47. The quantitative estimate of drug-likeness (QED) is 0.351. The average molecular weight is 503 g/mol. The first-order valence-corrected chi connectivity index (χ1v) is 13.5. The third-order valence-electron chi connectivity index (χ3n) is 7.87. The summed E-state index contributed by atoms with van der Waals surface area (Å²) >= 11 is 0. The van der Waals surface area contributed by atoms with E-state index in [9.17, 15) is 10.5 Å². The highest BCUT2D eigenvalue weighted by Crippen LogP contribution is 2.61. The molecule has 0 saturated carbocycles. The van der Waals surface area contributed by atoms with Crippen molar-refractivity contribution >= 4 is 0 Å². The van der Waals surface area contributed by atoms with Crippen molar-refractivity contribution in [1.82, 2.24) is 0 Å². The highest BCUT2D eigenvalue weighted by atomic mass is 16.6. The molecule has 6 nitrogen and oxygen atoms in total. The van der Waals surface area contributed by atoms with Crippen LogP contribution >= 0.6 is 0 Å². The van der Waals surface area contributed by atoms with E-state index in [2.05, 4.69) is 66.7 Å². The van der Waals surface area contributed by atoms with Crippen LogP contribution in [-0.4, -0.2) is 12.2 Å². The zero-order valence-electron chi connectivity index (χ0n) is 23.6. The summed E-state index contributed by atoms with van der Waals surface area (Å²) in [5.41, 5.74) is 4.07. The van der Waals surface area contributed by atoms with Gasteiger partial charge in [-0.3, -0.25) is 0 Å². The average Bonchev–Trinajstić information content (AvgIpc) is 3.06. The molecule has 0 N–H and O–H groups in total. The molecule has 2 aromatic rings. The summed E-state index contributed by atoms with van der Waals surface area (Å²) in [5, 5.41) is 20.1. The van der Waals surface area contributed by atoms with Gasteiger partial charge in [0.15, 0.2) is 34.5 Å². The number of nitriles is 2. The molecule has 196 valence electrons. The molecule has 37 heavy (non-hydrogen) atoms. The molecule has 5 rings (SSSR count). The molecule has 1 aliphatic carbocycles. The SMILES string of the molecule is CCC.CCc1c2c(cc3c1C(C)(CC)CC3(C)C)Oc1c(C#N)c3c(c(C#N)c1O2)OC(C)C(C)O3. The summed E-state index contributed by atoms with van der Waals surface area (Å²) in [6.07, 6.45) is 3.52. The van der Waals surface area contributed by atoms with E-state index < -0.39 is 0 Å². The van der Waals surface area contributed by atoms with Crippen molar-refractivity contribution in [3.05, 3.63) is 33.9 Å². The fraction of sp³-hybridized carbons (Fsp3) is 0.548. The maximum Gasteiger partial charge on any atom is 0.193 e. The van der Waals surface area contributed by atoms with Crippen molar-refractivity contribution < 1.29 is 18.9 Å². The van der Waals surface area contributed by atoms with Gasteiger partial charge in [-0.05, 0) is 61.1 Å². The summed E-state index contributed by atoms with van der Waals surface area (Å²) < 4.78 is 24.9. The molecule has 6 heteroatoms. The highest BCUT2D eigenvalue weighted by molar-refractivity contribution is 5.77. The van der Waals surface area contributed by atoms with Crippen molar-refractivity contribution in [2.75, 3.05) is 0 Å². The van der Waals surface area contributed by atoms with Gasteiger partial charge in [0.25, 0.3) is 0 Å². The van der Waals surface area contributed by atoms with E-state index in [4.69, 9.17) is 18.9 Å². The Morgan fingerprint density at radius 1 is 0.838 bits per heavy atom. The fourth-order valence-electron chi connectivity index (χ4n) is 5.96. The maximum atomic E-state index is 10.1. The predicted octanol–water partition coefficient (Wildman–Crippen LogP) is 8.20. The van der Waals surface area contributed by atoms with Crippen LogP contribution < -0.4 is 18.9 Å². The smallest absolute Gasteiger partial charge is 0.193 e. The normalized spacial score (nSPS) is 23.5. The number of benzene rings is 2. The van der Waals surface area contributed by atoms with Crippen LogP contribution in [0.1, 0.15) is 109 Å². The number of fused-ring (bicyclic) bond motifs is 4. The molecule has 0 aromatic heterocycles. The van der Waals surface area contributed by atoms with E-state index in [1.807, 2.05) is 13.8 Å². The van der Waals surface area contributed by atoms with Crippen molar-refractivity contribution in [1.29, 1.82) is 10.5 Å². The molecule has 3 unspecified atom stereocenters. The van der Waals surface area contributed by atoms with Crippen LogP contribution in [0.5, 0.6) is 34.5 Å². The van der Waals surface area contributed by atoms with E-state index in [1.165, 1.54) is 17.5 Å². The molecule has 3 aliphatic rings. The molecule has 0 bridgehead atoms. The van der Waals surface area contributed by atoms with Crippen molar-refractivity contribution in [3.8, 4) is 46.6 Å². The molecule has 0 saturated heterocycles. The van der Waals surface area contributed by atoms with Crippen molar-refractivity contribution in [2.24, 2.45) is 0 Å². The van der Waals surface area contributed by atoms with Crippen LogP contribution in [0.3, 0.4) is 0 Å². The minimum atomic E-state index is -0.275. The van der Waals surface area contributed by atoms with Gasteiger partial charge in [-0.2, -0.15) is 10.5 Å². The van der Waals surface area contributed by atoms with Gasteiger partial charge in [-0.25, -0.2) is 0 Å². The second-order valence-corrected chi connectivity index (χ2v) is 11.3. The lowest BCUT2D eigenvalue weighted by atomic mass is 9.77. The Morgan fingerprint density at radius 2 is 1.35 bits per heavy atom. The maximum absolute atomic E-state index is 10.1. The van der Waals surface area contributed by atoms with Gasteiger partial charge in [0.2, 0.25) is 0 Å². The van der Waals surface area contributed by atoms with E-state index in [-0.39, 0.29) is 57.2 Å². The largest absolute Gasteiger partial charge is 0.481 e. The van der Waals surface area contributed by atoms with Gasteiger partial charge in [0.05, 0.1) is 0 Å². The third kappa shape index (κ3) is 3.98. The lowest BCUT2D eigenvalue weighted by molar-refractivity contribution is 0.0417. The molecule has 2 heterocycles. The number of hydrogen-bond donors (Lipinski definition) is 0. The minimum Gasteiger partial charge on any atom is -0.481 e. The standard InChI is InChI=1S/C28H30N2O4.C3H8/c1-8-16-21-19(27(5,6)13-28(21,7)9-2)10-20-22(16)34-26-18(12-30)24-23(17(11-29)25(26)33-20)31-14(3)15(4)32-24;1-3-2/h10,14-15H,8-9,13H2,1-7H3;3H2,1-2H3. The molecule has 0 radical (unpaired) electrons. The zero-order chi connectivity index (χ0) is 27.3. The second-order valence-electron chi connectivity index (χ2n) is 11.3. The summed E-state index contributed by atoms with van der Waals surface area (Å²) in [5.74, 6) is 2.13. The molecule has 0 fully saturated rings. The lowest BCUT2D eigenvalue weighted by Crippen LogP contribution is -2.36. The Bertz CT molecular complexity index is 1330. The van der Waals surface area contributed by atoms with Gasteiger partial charge >= 0.3 is 0 Å². The van der Waals surface area contributed by atoms with Crippen LogP contribution in [0, 0.1) is 22.7 Å². The van der Waals surface area contributed by atoms with E-state index in [1.54, 1.807) is 0 Å². The van der Waals surface area contributed by atoms with Crippen molar-refractivity contribution in [3.63, 3.8) is 0 Å². The Morgan fingerprint density at radius 3 is 1.81 bits per heavy atom. The number of hydrogen-bond acceptors (Lipinski definition) is 6. The Kier molecular flexibility index (Phi) is 6.84. The topological polar surface area (TPSA) is 84.5 Å². The first kappa shape index (κ1) is 26.7. The molecule has 2 aromatic carbocycles. The molecule has 0 spiro atoms. The zero-order valence-corrected chi connectivity index (χ0v) is 23.6. The molecular weight excluding hydrogens is 464 g/mol. The Hall–Kier alpha value is -3.38. The molecule has 2 aliphatic heterocycles. The van der Waals surface area contributed by atoms with Crippen molar-refractivity contribution in [2.45, 2.75) is 111 Å². The number of rotatable bonds is 2. The Labute approximate surface area is 221 Å². The molecule has 3 atom stereocenters. The summed E-state index contributed by atoms with van der Waals surface area (Å²) in [7, 11) is 0. The monoisotopic (exact) mass is 502 g/mol. The Balaban J connectivity index is 0.00000102. The first-order valence-electron chi connectivity index (χ1n) is 13.5. The van der Waals surface area contributed by atoms with E-state index in [0.29, 0.717) is 11.5 Å². The molecular formula is C31H38N2O4. The third-order valence-corrected chi connectivity index (χ3v) is 7.87. The van der Waals surface area contributed by atoms with E-state index in [0.717, 1.165) is 24.8 Å². The summed E-state index contributed by atoms with van der Waals surface area (Å²) in [6, 6.07) is 6.48. The fourth-order valence-corrected chi connectivity index (χ4v) is 5.96. The lowest BCUT2D eigenvalue weighted by Gasteiger charge is -2.34. The predicted molar refractivity (Wildman–Crippen MR) is 143 cm³/mol. The van der Waals surface area contributed by atoms with Crippen LogP contribution in [0.4, 0.5) is 0 Å². The molecule has 0 amide bonds. The van der Waals surface area contributed by atoms with Gasteiger partial charge in [-0.15, -0.1) is 0 Å². The van der Waals surface area contributed by atoms with E-state index >= 15 is 0 Å². The van der Waals surface area contributed by atoms with Gasteiger partial charge in [0, 0.05) is 5.56 Å². The van der Waals surface area contributed by atoms with Crippen LogP contribution in [-0.2, 0) is 17.3 Å². The number of ether oxygens (including phenoxy) is 4. The number of nitrogens with zero attached hydrogens (tertiary/aromatic N) is 2. The second kappa shape index (κ2) is 9.49.